The highest BCUT2D eigenvalue weighted by molar-refractivity contribution is 6.21. The van der Waals surface area contributed by atoms with Crippen LogP contribution in [0.15, 0.2) is 78.2 Å². The summed E-state index contributed by atoms with van der Waals surface area (Å²) in [5.74, 6) is -0.374. The SMILES string of the molecule is Cc1[nH]c2ccc(OCc3ccc4ccccc4n3)c(Cc3cccnc3)c2c1CCON=CC(=O)O. The minimum atomic E-state index is -1.15. The van der Waals surface area contributed by atoms with E-state index in [1.165, 1.54) is 0 Å². The van der Waals surface area contributed by atoms with E-state index in [0.29, 0.717) is 19.4 Å². The third-order valence-electron chi connectivity index (χ3n) is 6.16. The van der Waals surface area contributed by atoms with Crippen LogP contribution in [0.5, 0.6) is 5.75 Å². The lowest BCUT2D eigenvalue weighted by atomic mass is 9.97. The van der Waals surface area contributed by atoms with E-state index in [1.807, 2.05) is 67.7 Å². The number of aryl methyl sites for hydroxylation is 1. The molecule has 0 bridgehead atoms. The summed E-state index contributed by atoms with van der Waals surface area (Å²) in [5, 5.41) is 14.4. The van der Waals surface area contributed by atoms with Crippen molar-refractivity contribution in [3.05, 3.63) is 101 Å². The normalized spacial score (nSPS) is 11.4. The van der Waals surface area contributed by atoms with E-state index in [1.54, 1.807) is 6.20 Å². The highest BCUT2D eigenvalue weighted by Gasteiger charge is 2.18. The summed E-state index contributed by atoms with van der Waals surface area (Å²) < 4.78 is 6.37. The first-order valence-corrected chi connectivity index (χ1v) is 12.0. The number of carbonyl (C=O) groups is 1. The summed E-state index contributed by atoms with van der Waals surface area (Å²) in [6, 6.07) is 20.0. The molecule has 37 heavy (non-hydrogen) atoms. The first kappa shape index (κ1) is 24.0. The van der Waals surface area contributed by atoms with Crippen LogP contribution in [0, 0.1) is 6.92 Å². The molecule has 2 aromatic carbocycles. The van der Waals surface area contributed by atoms with Gasteiger partial charge in [0.2, 0.25) is 0 Å². The number of nitrogens with zero attached hydrogens (tertiary/aromatic N) is 3. The van der Waals surface area contributed by atoms with Crippen LogP contribution in [-0.2, 0) is 29.1 Å². The van der Waals surface area contributed by atoms with Crippen LogP contribution in [0.4, 0.5) is 0 Å². The standard InChI is InChI=1S/C29H26N4O4/c1-19-23(12-14-37-31-17-28(34)35)29-24(15-20-5-4-13-30-16-20)27(11-10-26(29)32-19)36-18-22-9-8-21-6-2-3-7-25(21)33-22/h2-11,13,16-17,32H,12,14-15,18H2,1H3,(H,34,35). The summed E-state index contributed by atoms with van der Waals surface area (Å²) in [7, 11) is 0. The number of aromatic nitrogens is 3. The van der Waals surface area contributed by atoms with Crippen molar-refractivity contribution in [1.29, 1.82) is 0 Å². The third kappa shape index (κ3) is 5.59. The molecule has 0 spiro atoms. The molecule has 0 saturated carbocycles. The number of H-pyrrole nitrogens is 1. The zero-order valence-corrected chi connectivity index (χ0v) is 20.3. The number of aromatic amines is 1. The Labute approximate surface area is 213 Å². The minimum absolute atomic E-state index is 0.246. The minimum Gasteiger partial charge on any atom is -0.487 e. The Balaban J connectivity index is 1.48. The molecule has 0 aliphatic rings. The number of hydrogen-bond acceptors (Lipinski definition) is 6. The molecule has 0 fully saturated rings. The van der Waals surface area contributed by atoms with E-state index in [4.69, 9.17) is 19.7 Å². The molecule has 0 saturated heterocycles. The van der Waals surface area contributed by atoms with E-state index in [-0.39, 0.29) is 6.61 Å². The van der Waals surface area contributed by atoms with E-state index in [2.05, 4.69) is 21.2 Å². The van der Waals surface area contributed by atoms with Gasteiger partial charge < -0.3 is 19.7 Å². The molecule has 0 aliphatic carbocycles. The number of ether oxygens (including phenoxy) is 1. The zero-order chi connectivity index (χ0) is 25.6. The lowest BCUT2D eigenvalue weighted by Gasteiger charge is -2.15. The van der Waals surface area contributed by atoms with Gasteiger partial charge in [-0.15, -0.1) is 0 Å². The molecule has 2 N–H and O–H groups in total. The fourth-order valence-electron chi connectivity index (χ4n) is 4.50. The summed E-state index contributed by atoms with van der Waals surface area (Å²) in [5.41, 5.74) is 6.98. The van der Waals surface area contributed by atoms with Crippen LogP contribution in [0.1, 0.15) is 28.1 Å². The van der Waals surface area contributed by atoms with Gasteiger partial charge in [-0.25, -0.2) is 9.78 Å². The van der Waals surface area contributed by atoms with Crippen molar-refractivity contribution in [3.63, 3.8) is 0 Å². The lowest BCUT2D eigenvalue weighted by Crippen LogP contribution is -2.03. The van der Waals surface area contributed by atoms with Gasteiger partial charge in [-0.1, -0.05) is 35.5 Å². The van der Waals surface area contributed by atoms with Gasteiger partial charge in [0, 0.05) is 52.8 Å². The summed E-state index contributed by atoms with van der Waals surface area (Å²) >= 11 is 0. The number of nitrogens with one attached hydrogen (secondary N) is 1. The molecule has 8 nitrogen and oxygen atoms in total. The molecule has 0 radical (unpaired) electrons. The molecular formula is C29H26N4O4. The monoisotopic (exact) mass is 494 g/mol. The first-order chi connectivity index (χ1) is 18.1. The highest BCUT2D eigenvalue weighted by Crippen LogP contribution is 2.35. The van der Waals surface area contributed by atoms with Crippen LogP contribution in [0.25, 0.3) is 21.8 Å². The molecule has 8 heteroatoms. The summed E-state index contributed by atoms with van der Waals surface area (Å²) in [6.45, 7) is 2.60. The predicted molar refractivity (Wildman–Crippen MR) is 142 cm³/mol. The number of carboxylic acid groups (broad SMARTS) is 1. The smallest absolute Gasteiger partial charge is 0.350 e. The van der Waals surface area contributed by atoms with Gasteiger partial charge in [0.1, 0.15) is 19.0 Å². The van der Waals surface area contributed by atoms with Crippen molar-refractivity contribution < 1.29 is 19.5 Å². The molecule has 0 aliphatic heterocycles. The number of hydrogen-bond donors (Lipinski definition) is 2. The van der Waals surface area contributed by atoms with Crippen LogP contribution < -0.4 is 4.74 Å². The van der Waals surface area contributed by atoms with Crippen molar-refractivity contribution in [2.75, 3.05) is 6.61 Å². The Morgan fingerprint density at radius 3 is 2.81 bits per heavy atom. The Hall–Kier alpha value is -4.72. The van der Waals surface area contributed by atoms with Gasteiger partial charge in [0.15, 0.2) is 6.21 Å². The molecule has 5 aromatic rings. The number of aliphatic carboxylic acids is 1. The largest absolute Gasteiger partial charge is 0.487 e. The van der Waals surface area contributed by atoms with Crippen molar-refractivity contribution >= 4 is 34.0 Å². The predicted octanol–water partition coefficient (Wildman–Crippen LogP) is 5.22. The van der Waals surface area contributed by atoms with Crippen LogP contribution in [-0.4, -0.2) is 38.8 Å². The van der Waals surface area contributed by atoms with E-state index in [9.17, 15) is 4.79 Å². The number of fused-ring (bicyclic) bond motifs is 2. The quantitative estimate of drug-likeness (QED) is 0.157. The number of oxime groups is 1. The van der Waals surface area contributed by atoms with Gasteiger partial charge in [-0.05, 0) is 48.4 Å². The second-order valence-electron chi connectivity index (χ2n) is 8.67. The first-order valence-electron chi connectivity index (χ1n) is 12.0. The maximum absolute atomic E-state index is 10.6. The third-order valence-corrected chi connectivity index (χ3v) is 6.16. The molecular weight excluding hydrogens is 468 g/mol. The summed E-state index contributed by atoms with van der Waals surface area (Å²) in [4.78, 5) is 28.3. The van der Waals surface area contributed by atoms with Gasteiger partial charge in [0.05, 0.1) is 11.2 Å². The average molecular weight is 495 g/mol. The van der Waals surface area contributed by atoms with Crippen LogP contribution >= 0.6 is 0 Å². The molecule has 186 valence electrons. The van der Waals surface area contributed by atoms with Gasteiger partial charge in [0.25, 0.3) is 0 Å². The molecule has 0 atom stereocenters. The molecule has 0 unspecified atom stereocenters. The topological polar surface area (TPSA) is 110 Å². The van der Waals surface area contributed by atoms with Gasteiger partial charge in [-0.2, -0.15) is 0 Å². The molecule has 5 rings (SSSR count). The maximum atomic E-state index is 10.6. The van der Waals surface area contributed by atoms with E-state index in [0.717, 1.165) is 61.8 Å². The Morgan fingerprint density at radius 1 is 1.08 bits per heavy atom. The van der Waals surface area contributed by atoms with Crippen LogP contribution in [0.2, 0.25) is 0 Å². The van der Waals surface area contributed by atoms with E-state index >= 15 is 0 Å². The Kier molecular flexibility index (Phi) is 7.07. The fourth-order valence-corrected chi connectivity index (χ4v) is 4.50. The van der Waals surface area contributed by atoms with Gasteiger partial charge >= 0.3 is 5.97 Å². The van der Waals surface area contributed by atoms with Crippen molar-refractivity contribution in [2.24, 2.45) is 5.16 Å². The number of pyridine rings is 2. The number of carboxylic acids is 1. The number of para-hydroxylation sites is 1. The van der Waals surface area contributed by atoms with Crippen molar-refractivity contribution in [1.82, 2.24) is 15.0 Å². The fraction of sp³-hybridized carbons (Fsp3) is 0.172. The Bertz CT molecular complexity index is 1580. The van der Waals surface area contributed by atoms with Gasteiger partial charge in [-0.3, -0.25) is 4.98 Å². The van der Waals surface area contributed by atoms with Crippen molar-refractivity contribution in [2.45, 2.75) is 26.4 Å². The summed E-state index contributed by atoms with van der Waals surface area (Å²) in [6.07, 6.45) is 5.54. The number of benzene rings is 2. The zero-order valence-electron chi connectivity index (χ0n) is 20.3. The molecule has 0 amide bonds. The lowest BCUT2D eigenvalue weighted by molar-refractivity contribution is -0.129. The van der Waals surface area contributed by atoms with E-state index < -0.39 is 5.97 Å². The second-order valence-corrected chi connectivity index (χ2v) is 8.67. The molecule has 3 heterocycles. The Morgan fingerprint density at radius 2 is 1.97 bits per heavy atom. The molecule has 3 aromatic heterocycles. The van der Waals surface area contributed by atoms with Crippen molar-refractivity contribution in [3.8, 4) is 5.75 Å². The van der Waals surface area contributed by atoms with Crippen LogP contribution in [0.3, 0.4) is 0 Å². The second kappa shape index (κ2) is 10.9. The highest BCUT2D eigenvalue weighted by atomic mass is 16.6. The number of rotatable bonds is 10. The average Bonchev–Trinajstić information content (AvgIpc) is 3.23. The maximum Gasteiger partial charge on any atom is 0.350 e.